The van der Waals surface area contributed by atoms with Crippen LogP contribution in [0.15, 0.2) is 200 Å². The molecule has 2 aliphatic rings. The molecule has 58 heavy (non-hydrogen) atoms. The number of hydrogen-bond acceptors (Lipinski definition) is 3. The normalized spacial score (nSPS) is 15.9. The topological polar surface area (TPSA) is 43.6 Å². The van der Waals surface area contributed by atoms with Crippen LogP contribution in [0, 0.1) is 0 Å². The van der Waals surface area contributed by atoms with Gasteiger partial charge in [0, 0.05) is 27.9 Å². The van der Waals surface area contributed by atoms with Gasteiger partial charge in [-0.25, -0.2) is 9.97 Å². The minimum Gasteiger partial charge on any atom is -0.278 e. The summed E-state index contributed by atoms with van der Waals surface area (Å²) in [5.74, 6) is 0.660. The van der Waals surface area contributed by atoms with Crippen molar-refractivity contribution < 1.29 is 0 Å². The van der Waals surface area contributed by atoms with Gasteiger partial charge < -0.3 is 0 Å². The van der Waals surface area contributed by atoms with E-state index in [2.05, 4.69) is 181 Å². The smallest absolute Gasteiger partial charge is 0.235 e. The highest BCUT2D eigenvalue weighted by Gasteiger charge is 2.48. The SMILES string of the molecule is C1=CCCC(C2(c3ccccn3)c3ccccc3-c3cc(-c4ccc5c(c4)c4c6ccccc6ccc4n5-c4nc(-c5ccccc5)c5ccccc5n4)ccc32)=C1. The Morgan fingerprint density at radius 3 is 2.17 bits per heavy atom. The first-order valence-corrected chi connectivity index (χ1v) is 20.1. The fourth-order valence-corrected chi connectivity index (χ4v) is 9.92. The second kappa shape index (κ2) is 12.8. The van der Waals surface area contributed by atoms with Gasteiger partial charge in [0.2, 0.25) is 5.95 Å². The van der Waals surface area contributed by atoms with Crippen LogP contribution in [-0.4, -0.2) is 19.5 Å². The molecule has 4 nitrogen and oxygen atoms in total. The number of para-hydroxylation sites is 1. The van der Waals surface area contributed by atoms with Gasteiger partial charge in [0.15, 0.2) is 0 Å². The largest absolute Gasteiger partial charge is 0.278 e. The highest BCUT2D eigenvalue weighted by atomic mass is 15.2. The minimum absolute atomic E-state index is 0.453. The summed E-state index contributed by atoms with van der Waals surface area (Å²) in [4.78, 5) is 15.7. The molecule has 0 spiro atoms. The number of pyridine rings is 1. The lowest BCUT2D eigenvalue weighted by atomic mass is 9.67. The molecule has 0 amide bonds. The van der Waals surface area contributed by atoms with E-state index in [4.69, 9.17) is 15.0 Å². The van der Waals surface area contributed by atoms with E-state index in [9.17, 15) is 0 Å². The molecule has 3 aromatic heterocycles. The first-order valence-electron chi connectivity index (χ1n) is 20.1. The third-order valence-electron chi connectivity index (χ3n) is 12.4. The zero-order valence-corrected chi connectivity index (χ0v) is 31.7. The van der Waals surface area contributed by atoms with Gasteiger partial charge in [-0.05, 0) is 105 Å². The number of allylic oxidation sites excluding steroid dienone is 4. The van der Waals surface area contributed by atoms with Crippen LogP contribution in [0.1, 0.15) is 29.7 Å². The molecule has 272 valence electrons. The fourth-order valence-electron chi connectivity index (χ4n) is 9.92. The molecule has 4 heteroatoms. The zero-order chi connectivity index (χ0) is 38.2. The maximum atomic E-state index is 5.35. The van der Waals surface area contributed by atoms with Gasteiger partial charge in [0.1, 0.15) is 0 Å². The molecule has 12 rings (SSSR count). The summed E-state index contributed by atoms with van der Waals surface area (Å²) in [6.45, 7) is 0. The van der Waals surface area contributed by atoms with Crippen LogP contribution < -0.4 is 0 Å². The van der Waals surface area contributed by atoms with Crippen LogP contribution in [0.25, 0.3) is 82.9 Å². The number of nitrogens with zero attached hydrogens (tertiary/aromatic N) is 4. The van der Waals surface area contributed by atoms with E-state index < -0.39 is 5.41 Å². The molecule has 0 fully saturated rings. The molecule has 10 aromatic rings. The predicted octanol–water partition coefficient (Wildman–Crippen LogP) is 13.2. The summed E-state index contributed by atoms with van der Waals surface area (Å²) >= 11 is 0. The maximum Gasteiger partial charge on any atom is 0.235 e. The van der Waals surface area contributed by atoms with Crippen molar-refractivity contribution in [1.29, 1.82) is 0 Å². The summed E-state index contributed by atoms with van der Waals surface area (Å²) in [5.41, 5.74) is 14.5. The Hall–Kier alpha value is -7.43. The van der Waals surface area contributed by atoms with Crippen LogP contribution in [-0.2, 0) is 5.41 Å². The Bertz CT molecular complexity index is 3340. The third kappa shape index (κ3) is 4.72. The average Bonchev–Trinajstić information content (AvgIpc) is 3.80. The molecule has 7 aromatic carbocycles. The van der Waals surface area contributed by atoms with Gasteiger partial charge in [0.05, 0.1) is 33.4 Å². The number of aromatic nitrogens is 4. The molecular weight excluding hydrogens is 705 g/mol. The van der Waals surface area contributed by atoms with Crippen molar-refractivity contribution in [3.8, 4) is 39.5 Å². The van der Waals surface area contributed by atoms with Gasteiger partial charge in [-0.3, -0.25) is 9.55 Å². The zero-order valence-electron chi connectivity index (χ0n) is 31.7. The van der Waals surface area contributed by atoms with Crippen molar-refractivity contribution in [2.45, 2.75) is 18.3 Å². The van der Waals surface area contributed by atoms with Gasteiger partial charge in [-0.2, -0.15) is 0 Å². The van der Waals surface area contributed by atoms with E-state index in [0.717, 1.165) is 51.7 Å². The molecule has 0 saturated heterocycles. The molecule has 2 aliphatic carbocycles. The summed E-state index contributed by atoms with van der Waals surface area (Å²) in [7, 11) is 0. The molecule has 3 heterocycles. The van der Waals surface area contributed by atoms with Crippen LogP contribution in [0.5, 0.6) is 0 Å². The van der Waals surface area contributed by atoms with Crippen molar-refractivity contribution in [1.82, 2.24) is 19.5 Å². The molecule has 0 radical (unpaired) electrons. The summed E-state index contributed by atoms with van der Waals surface area (Å²) < 4.78 is 2.26. The molecular formula is C54H36N4. The van der Waals surface area contributed by atoms with Crippen molar-refractivity contribution in [2.24, 2.45) is 0 Å². The van der Waals surface area contributed by atoms with Crippen LogP contribution in [0.2, 0.25) is 0 Å². The Kier molecular flexibility index (Phi) is 7.24. The van der Waals surface area contributed by atoms with E-state index in [1.807, 2.05) is 18.3 Å². The average molecular weight is 741 g/mol. The second-order valence-corrected chi connectivity index (χ2v) is 15.4. The molecule has 1 unspecified atom stereocenters. The maximum absolute atomic E-state index is 5.35. The molecule has 1 atom stereocenters. The standard InChI is InChI=1S/C54H36N4/c1-3-16-36(17-4-1)52-42-22-10-12-24-47(42)56-53(57-52)58-48-30-28-38(34-44(48)51-40-20-8-7-15-35(40)27-31-49(51)58)37-26-29-46-43(33-37)41-21-9-11-23-45(41)54(46,39-18-5-2-6-19-39)50-25-13-14-32-55-50/h1-5,7-18,20-34H,6,19H2. The Morgan fingerprint density at radius 1 is 0.534 bits per heavy atom. The number of rotatable bonds is 5. The number of fused-ring (bicyclic) bond motifs is 9. The van der Waals surface area contributed by atoms with Crippen molar-refractivity contribution in [3.05, 3.63) is 217 Å². The Labute approximate surface area is 336 Å². The lowest BCUT2D eigenvalue weighted by Crippen LogP contribution is -2.31. The lowest BCUT2D eigenvalue weighted by Gasteiger charge is -2.35. The van der Waals surface area contributed by atoms with Crippen molar-refractivity contribution >= 4 is 43.5 Å². The van der Waals surface area contributed by atoms with Gasteiger partial charge in [-0.1, -0.05) is 146 Å². The highest BCUT2D eigenvalue weighted by Crippen LogP contribution is 2.57. The van der Waals surface area contributed by atoms with E-state index in [0.29, 0.717) is 5.95 Å². The van der Waals surface area contributed by atoms with Gasteiger partial charge in [-0.15, -0.1) is 0 Å². The third-order valence-corrected chi connectivity index (χ3v) is 12.4. The van der Waals surface area contributed by atoms with Crippen LogP contribution in [0.4, 0.5) is 0 Å². The second-order valence-electron chi connectivity index (χ2n) is 15.4. The van der Waals surface area contributed by atoms with E-state index in [1.54, 1.807) is 0 Å². The number of hydrogen-bond donors (Lipinski definition) is 0. The quantitative estimate of drug-likeness (QED) is 0.176. The lowest BCUT2D eigenvalue weighted by molar-refractivity contribution is 0.670. The summed E-state index contributed by atoms with van der Waals surface area (Å²) in [5, 5.41) is 5.82. The number of benzene rings is 7. The Balaban J connectivity index is 1.10. The summed E-state index contributed by atoms with van der Waals surface area (Å²) in [6.07, 6.45) is 10.8. The Morgan fingerprint density at radius 2 is 1.29 bits per heavy atom. The van der Waals surface area contributed by atoms with Crippen LogP contribution in [0.3, 0.4) is 0 Å². The molecule has 0 aliphatic heterocycles. The molecule has 0 saturated carbocycles. The minimum atomic E-state index is -0.453. The summed E-state index contributed by atoms with van der Waals surface area (Å²) in [6, 6.07) is 61.2. The fraction of sp³-hybridized carbons (Fsp3) is 0.0556. The predicted molar refractivity (Wildman–Crippen MR) is 238 cm³/mol. The van der Waals surface area contributed by atoms with Crippen molar-refractivity contribution in [3.63, 3.8) is 0 Å². The highest BCUT2D eigenvalue weighted by molar-refractivity contribution is 6.22. The van der Waals surface area contributed by atoms with E-state index >= 15 is 0 Å². The molecule has 0 bridgehead atoms. The first-order chi connectivity index (χ1) is 28.8. The van der Waals surface area contributed by atoms with Crippen LogP contribution >= 0.6 is 0 Å². The van der Waals surface area contributed by atoms with E-state index in [-0.39, 0.29) is 0 Å². The first kappa shape index (κ1) is 32.8. The van der Waals surface area contributed by atoms with Crippen molar-refractivity contribution in [2.75, 3.05) is 0 Å². The van der Waals surface area contributed by atoms with E-state index in [1.165, 1.54) is 60.5 Å². The monoisotopic (exact) mass is 740 g/mol. The van der Waals surface area contributed by atoms with Gasteiger partial charge in [0.25, 0.3) is 0 Å². The van der Waals surface area contributed by atoms with Gasteiger partial charge >= 0.3 is 0 Å². The molecule has 0 N–H and O–H groups in total.